The molecule has 0 spiro atoms. The summed E-state index contributed by atoms with van der Waals surface area (Å²) in [5, 5.41) is 0. The molecular formula is C12H14F2O. The van der Waals surface area contributed by atoms with Crippen molar-refractivity contribution in [1.82, 2.24) is 0 Å². The lowest BCUT2D eigenvalue weighted by molar-refractivity contribution is 0.104. The first kappa shape index (κ1) is 10.6. The van der Waals surface area contributed by atoms with Gasteiger partial charge in [0.25, 0.3) is 0 Å². The molecule has 1 aromatic carbocycles. The predicted octanol–water partition coefficient (Wildman–Crippen LogP) is 3.08. The second kappa shape index (κ2) is 4.71. The molecule has 1 nitrogen and oxygen atoms in total. The van der Waals surface area contributed by atoms with Crippen molar-refractivity contribution in [3.8, 4) is 0 Å². The lowest BCUT2D eigenvalue weighted by Crippen LogP contribution is -2.06. The predicted molar refractivity (Wildman–Crippen MR) is 53.7 cm³/mol. The molecule has 1 aliphatic rings. The minimum Gasteiger partial charge on any atom is -0.378 e. The van der Waals surface area contributed by atoms with Gasteiger partial charge >= 0.3 is 0 Å². The Morgan fingerprint density at radius 3 is 2.53 bits per heavy atom. The Morgan fingerprint density at radius 1 is 1.20 bits per heavy atom. The van der Waals surface area contributed by atoms with Gasteiger partial charge < -0.3 is 4.74 Å². The Bertz CT molecular complexity index is 312. The van der Waals surface area contributed by atoms with Gasteiger partial charge in [0.05, 0.1) is 6.10 Å². The van der Waals surface area contributed by atoms with Gasteiger partial charge in [-0.25, -0.2) is 8.78 Å². The third-order valence-corrected chi connectivity index (χ3v) is 2.70. The van der Waals surface area contributed by atoms with E-state index in [0.717, 1.165) is 31.9 Å². The zero-order valence-electron chi connectivity index (χ0n) is 8.51. The molecule has 0 N–H and O–H groups in total. The number of rotatable bonds is 3. The highest BCUT2D eigenvalue weighted by Gasteiger charge is 2.15. The average molecular weight is 212 g/mol. The molecule has 1 atom stereocenters. The van der Waals surface area contributed by atoms with Gasteiger partial charge in [-0.1, -0.05) is 0 Å². The first-order chi connectivity index (χ1) is 7.24. The number of aryl methyl sites for hydroxylation is 1. The zero-order valence-corrected chi connectivity index (χ0v) is 8.51. The fourth-order valence-electron chi connectivity index (χ4n) is 1.95. The van der Waals surface area contributed by atoms with Crippen LogP contribution in [0.4, 0.5) is 8.78 Å². The lowest BCUT2D eigenvalue weighted by Gasteiger charge is -2.08. The second-order valence-electron chi connectivity index (χ2n) is 3.95. The molecule has 82 valence electrons. The fourth-order valence-corrected chi connectivity index (χ4v) is 1.95. The van der Waals surface area contributed by atoms with E-state index in [1.54, 1.807) is 0 Å². The normalized spacial score (nSPS) is 20.8. The molecule has 0 aliphatic carbocycles. The van der Waals surface area contributed by atoms with Crippen molar-refractivity contribution in [3.63, 3.8) is 0 Å². The molecule has 1 aliphatic heterocycles. The van der Waals surface area contributed by atoms with E-state index in [0.29, 0.717) is 12.0 Å². The largest absolute Gasteiger partial charge is 0.378 e. The summed E-state index contributed by atoms with van der Waals surface area (Å²) < 4.78 is 31.2. The Morgan fingerprint density at radius 2 is 1.93 bits per heavy atom. The van der Waals surface area contributed by atoms with Crippen molar-refractivity contribution < 1.29 is 13.5 Å². The van der Waals surface area contributed by atoms with Crippen LogP contribution in [-0.4, -0.2) is 12.7 Å². The van der Waals surface area contributed by atoms with Gasteiger partial charge in [0.15, 0.2) is 0 Å². The van der Waals surface area contributed by atoms with Crippen molar-refractivity contribution in [3.05, 3.63) is 35.4 Å². The maximum atomic E-state index is 12.9. The molecule has 0 bridgehead atoms. The van der Waals surface area contributed by atoms with E-state index in [2.05, 4.69) is 0 Å². The molecule has 1 aromatic rings. The third kappa shape index (κ3) is 2.99. The molecule has 1 unspecified atom stereocenters. The summed E-state index contributed by atoms with van der Waals surface area (Å²) in [7, 11) is 0. The zero-order chi connectivity index (χ0) is 10.7. The lowest BCUT2D eigenvalue weighted by atomic mass is 10.0. The molecule has 15 heavy (non-hydrogen) atoms. The maximum Gasteiger partial charge on any atom is 0.126 e. The summed E-state index contributed by atoms with van der Waals surface area (Å²) in [4.78, 5) is 0. The van der Waals surface area contributed by atoms with Crippen molar-refractivity contribution in [2.45, 2.75) is 31.8 Å². The van der Waals surface area contributed by atoms with Gasteiger partial charge in [-0.3, -0.25) is 0 Å². The standard InChI is InChI=1S/C12H14F2O/c13-10-6-9(7-11(14)8-10)3-4-12-2-1-5-15-12/h6-8,12H,1-5H2. The smallest absolute Gasteiger partial charge is 0.126 e. The van der Waals surface area contributed by atoms with Gasteiger partial charge in [-0.2, -0.15) is 0 Å². The SMILES string of the molecule is Fc1cc(F)cc(CCC2CCCO2)c1. The van der Waals surface area contributed by atoms with Gasteiger partial charge in [-0.05, 0) is 43.4 Å². The van der Waals surface area contributed by atoms with Crippen LogP contribution in [0.25, 0.3) is 0 Å². The third-order valence-electron chi connectivity index (χ3n) is 2.70. The minimum absolute atomic E-state index is 0.274. The quantitative estimate of drug-likeness (QED) is 0.748. The van der Waals surface area contributed by atoms with Crippen LogP contribution in [0, 0.1) is 11.6 Å². The summed E-state index contributed by atoms with van der Waals surface area (Å²) in [6.07, 6.45) is 3.97. The summed E-state index contributed by atoms with van der Waals surface area (Å²) >= 11 is 0. The molecule has 0 radical (unpaired) electrons. The average Bonchev–Trinajstić information content (AvgIpc) is 2.65. The summed E-state index contributed by atoms with van der Waals surface area (Å²) in [5.41, 5.74) is 0.711. The molecule has 0 amide bonds. The number of hydrogen-bond donors (Lipinski definition) is 0. The van der Waals surface area contributed by atoms with Gasteiger partial charge in [0.1, 0.15) is 11.6 Å². The molecular weight excluding hydrogens is 198 g/mol. The molecule has 1 saturated heterocycles. The van der Waals surface area contributed by atoms with E-state index in [1.165, 1.54) is 12.1 Å². The van der Waals surface area contributed by atoms with E-state index < -0.39 is 11.6 Å². The summed E-state index contributed by atoms with van der Waals surface area (Å²) in [6, 6.07) is 3.67. The van der Waals surface area contributed by atoms with Crippen molar-refractivity contribution in [2.24, 2.45) is 0 Å². The van der Waals surface area contributed by atoms with Crippen LogP contribution < -0.4 is 0 Å². The van der Waals surface area contributed by atoms with E-state index in [1.807, 2.05) is 0 Å². The van der Waals surface area contributed by atoms with E-state index in [9.17, 15) is 8.78 Å². The van der Waals surface area contributed by atoms with Gasteiger partial charge in [0.2, 0.25) is 0 Å². The van der Waals surface area contributed by atoms with Crippen LogP contribution in [0.15, 0.2) is 18.2 Å². The monoisotopic (exact) mass is 212 g/mol. The van der Waals surface area contributed by atoms with Crippen LogP contribution in [0.5, 0.6) is 0 Å². The molecule has 3 heteroatoms. The summed E-state index contributed by atoms with van der Waals surface area (Å²) in [6.45, 7) is 0.822. The van der Waals surface area contributed by atoms with Gasteiger partial charge in [0, 0.05) is 12.7 Å². The van der Waals surface area contributed by atoms with Crippen molar-refractivity contribution >= 4 is 0 Å². The molecule has 0 aromatic heterocycles. The van der Waals surface area contributed by atoms with E-state index in [-0.39, 0.29) is 6.10 Å². The molecule has 1 heterocycles. The van der Waals surface area contributed by atoms with Crippen LogP contribution in [-0.2, 0) is 11.2 Å². The van der Waals surface area contributed by atoms with Crippen LogP contribution in [0.3, 0.4) is 0 Å². The highest BCUT2D eigenvalue weighted by molar-refractivity contribution is 5.18. The first-order valence-corrected chi connectivity index (χ1v) is 5.30. The molecule has 1 fully saturated rings. The Kier molecular flexibility index (Phi) is 3.31. The van der Waals surface area contributed by atoms with Gasteiger partial charge in [-0.15, -0.1) is 0 Å². The van der Waals surface area contributed by atoms with E-state index >= 15 is 0 Å². The van der Waals surface area contributed by atoms with Crippen LogP contribution in [0.1, 0.15) is 24.8 Å². The number of ether oxygens (including phenoxy) is 1. The molecule has 2 rings (SSSR count). The molecule has 0 saturated carbocycles. The number of halogens is 2. The highest BCUT2D eigenvalue weighted by Crippen LogP contribution is 2.18. The summed E-state index contributed by atoms with van der Waals surface area (Å²) in [5.74, 6) is -1.00. The second-order valence-corrected chi connectivity index (χ2v) is 3.95. The maximum absolute atomic E-state index is 12.9. The Labute approximate surface area is 88.1 Å². The highest BCUT2D eigenvalue weighted by atomic mass is 19.1. The van der Waals surface area contributed by atoms with Crippen molar-refractivity contribution in [2.75, 3.05) is 6.61 Å². The number of hydrogen-bond acceptors (Lipinski definition) is 1. The van der Waals surface area contributed by atoms with Crippen LogP contribution >= 0.6 is 0 Å². The minimum atomic E-state index is -0.502. The van der Waals surface area contributed by atoms with Crippen molar-refractivity contribution in [1.29, 1.82) is 0 Å². The Hall–Kier alpha value is -0.960. The van der Waals surface area contributed by atoms with E-state index in [4.69, 9.17) is 4.74 Å². The number of benzene rings is 1. The van der Waals surface area contributed by atoms with Crippen LogP contribution in [0.2, 0.25) is 0 Å². The topological polar surface area (TPSA) is 9.23 Å². The first-order valence-electron chi connectivity index (χ1n) is 5.30. The Balaban J connectivity index is 1.92. The fraction of sp³-hybridized carbons (Fsp3) is 0.500.